The third-order valence-electron chi connectivity index (χ3n) is 1.29. The Balaban J connectivity index is 3.01. The maximum Gasteiger partial charge on any atom is 0.417 e. The van der Waals surface area contributed by atoms with E-state index in [2.05, 4.69) is 0 Å². The number of alkyl halides is 3. The van der Waals surface area contributed by atoms with E-state index in [0.717, 1.165) is 17.4 Å². The summed E-state index contributed by atoms with van der Waals surface area (Å²) in [6.07, 6.45) is -4.50. The predicted octanol–water partition coefficient (Wildman–Crippen LogP) is 2.83. The first-order valence-corrected chi connectivity index (χ1v) is 3.94. The predicted molar refractivity (Wildman–Crippen MR) is 38.6 cm³/mol. The Morgan fingerprint density at radius 2 is 2.17 bits per heavy atom. The van der Waals surface area contributed by atoms with Crippen molar-refractivity contribution in [2.75, 3.05) is 0 Å². The van der Waals surface area contributed by atoms with Gasteiger partial charge in [-0.1, -0.05) is 0 Å². The van der Waals surface area contributed by atoms with E-state index in [0.29, 0.717) is 0 Å². The molecular weight excluding hydrogens is 187 g/mol. The Hall–Kier alpha value is -1.02. The van der Waals surface area contributed by atoms with Crippen LogP contribution >= 0.6 is 11.3 Å². The number of thiophene rings is 1. The van der Waals surface area contributed by atoms with E-state index >= 15 is 0 Å². The van der Waals surface area contributed by atoms with Crippen molar-refractivity contribution in [2.24, 2.45) is 0 Å². The first-order chi connectivity index (χ1) is 5.55. The molecule has 1 aromatic rings. The number of nitriles is 1. The van der Waals surface area contributed by atoms with Crippen molar-refractivity contribution in [3.8, 4) is 6.07 Å². The second-order valence-corrected chi connectivity index (χ2v) is 3.09. The zero-order chi connectivity index (χ0) is 9.19. The molecule has 0 bridgehead atoms. The van der Waals surface area contributed by atoms with Gasteiger partial charge in [0, 0.05) is 4.88 Å². The smallest absolute Gasteiger partial charge is 0.198 e. The van der Waals surface area contributed by atoms with E-state index in [9.17, 15) is 13.2 Å². The summed E-state index contributed by atoms with van der Waals surface area (Å²) in [5, 5.41) is 9.56. The normalized spacial score (nSPS) is 11.2. The third-order valence-corrected chi connectivity index (χ3v) is 2.21. The fraction of sp³-hybridized carbons (Fsp3) is 0.286. The molecular formula is C7H4F3NS. The molecule has 0 N–H and O–H groups in total. The van der Waals surface area contributed by atoms with Gasteiger partial charge < -0.3 is 0 Å². The van der Waals surface area contributed by atoms with Crippen LogP contribution in [0.3, 0.4) is 0 Å². The molecule has 0 saturated carbocycles. The molecule has 1 rings (SSSR count). The van der Waals surface area contributed by atoms with Crippen LogP contribution in [0, 0.1) is 11.3 Å². The molecule has 0 fully saturated rings. The van der Waals surface area contributed by atoms with E-state index in [-0.39, 0.29) is 11.3 Å². The van der Waals surface area contributed by atoms with Crippen LogP contribution in [0.15, 0.2) is 11.4 Å². The summed E-state index contributed by atoms with van der Waals surface area (Å²) in [5.41, 5.74) is -0.686. The van der Waals surface area contributed by atoms with Crippen LogP contribution < -0.4 is 0 Å². The fourth-order valence-electron chi connectivity index (χ4n) is 0.802. The highest BCUT2D eigenvalue weighted by Gasteiger charge is 2.33. The van der Waals surface area contributed by atoms with Crippen molar-refractivity contribution in [3.05, 3.63) is 21.9 Å². The van der Waals surface area contributed by atoms with E-state index in [4.69, 9.17) is 5.26 Å². The third kappa shape index (κ3) is 1.77. The molecule has 0 saturated heterocycles. The molecule has 0 unspecified atom stereocenters. The van der Waals surface area contributed by atoms with Crippen LogP contribution in [-0.4, -0.2) is 0 Å². The summed E-state index contributed by atoms with van der Waals surface area (Å²) >= 11 is 0.958. The lowest BCUT2D eigenvalue weighted by Crippen LogP contribution is -2.05. The lowest BCUT2D eigenvalue weighted by atomic mass is 10.2. The summed E-state index contributed by atoms with van der Waals surface area (Å²) in [6.45, 7) is 0. The van der Waals surface area contributed by atoms with Gasteiger partial charge in [-0.2, -0.15) is 18.4 Å². The SMILES string of the molecule is N#CCc1sccc1C(F)(F)F. The summed E-state index contributed by atoms with van der Waals surface area (Å²) in [4.78, 5) is 0.0880. The highest BCUT2D eigenvalue weighted by Crippen LogP contribution is 2.34. The summed E-state index contributed by atoms with van der Waals surface area (Å²) in [6, 6.07) is 2.69. The summed E-state index contributed by atoms with van der Waals surface area (Å²) in [7, 11) is 0. The number of rotatable bonds is 1. The van der Waals surface area contributed by atoms with Crippen molar-refractivity contribution in [2.45, 2.75) is 12.6 Å². The molecule has 5 heteroatoms. The Labute approximate surface area is 71.1 Å². The topological polar surface area (TPSA) is 23.8 Å². The zero-order valence-electron chi connectivity index (χ0n) is 5.85. The quantitative estimate of drug-likeness (QED) is 0.669. The molecule has 0 aromatic carbocycles. The number of hydrogen-bond donors (Lipinski definition) is 0. The van der Waals surface area contributed by atoms with Crippen molar-refractivity contribution in [1.82, 2.24) is 0 Å². The molecule has 0 aliphatic carbocycles. The average molecular weight is 191 g/mol. The number of halogens is 3. The molecule has 0 atom stereocenters. The van der Waals surface area contributed by atoms with Crippen LogP contribution in [0.4, 0.5) is 13.2 Å². The average Bonchev–Trinajstić information content (AvgIpc) is 2.34. The molecule has 0 aliphatic heterocycles. The van der Waals surface area contributed by atoms with Gasteiger partial charge in [0.15, 0.2) is 0 Å². The second kappa shape index (κ2) is 3.15. The number of nitrogens with zero attached hydrogens (tertiary/aromatic N) is 1. The van der Waals surface area contributed by atoms with E-state index in [1.165, 1.54) is 5.38 Å². The Morgan fingerprint density at radius 3 is 2.67 bits per heavy atom. The first-order valence-electron chi connectivity index (χ1n) is 3.06. The van der Waals surface area contributed by atoms with Crippen LogP contribution in [0.1, 0.15) is 10.4 Å². The fourth-order valence-corrected chi connectivity index (χ4v) is 1.63. The van der Waals surface area contributed by atoms with Crippen molar-refractivity contribution < 1.29 is 13.2 Å². The molecule has 1 aromatic heterocycles. The lowest BCUT2D eigenvalue weighted by Gasteiger charge is -2.04. The van der Waals surface area contributed by atoms with Crippen molar-refractivity contribution in [3.63, 3.8) is 0 Å². The minimum Gasteiger partial charge on any atom is -0.198 e. The van der Waals surface area contributed by atoms with E-state index < -0.39 is 11.7 Å². The van der Waals surface area contributed by atoms with Gasteiger partial charge in [-0.25, -0.2) is 0 Å². The molecule has 64 valence electrons. The number of hydrogen-bond acceptors (Lipinski definition) is 2. The summed E-state index contributed by atoms with van der Waals surface area (Å²) < 4.78 is 36.3. The van der Waals surface area contributed by atoms with E-state index in [1.807, 2.05) is 0 Å². The first kappa shape index (κ1) is 9.07. The molecule has 12 heavy (non-hydrogen) atoms. The monoisotopic (exact) mass is 191 g/mol. The second-order valence-electron chi connectivity index (χ2n) is 2.09. The minimum atomic E-state index is -4.33. The van der Waals surface area contributed by atoms with Crippen molar-refractivity contribution in [1.29, 1.82) is 5.26 Å². The summed E-state index contributed by atoms with van der Waals surface area (Å²) in [5.74, 6) is 0. The maximum atomic E-state index is 12.1. The van der Waals surface area contributed by atoms with Crippen molar-refractivity contribution >= 4 is 11.3 Å². The Bertz CT molecular complexity index is 307. The van der Waals surface area contributed by atoms with Gasteiger partial charge >= 0.3 is 6.18 Å². The lowest BCUT2D eigenvalue weighted by molar-refractivity contribution is -0.137. The minimum absolute atomic E-state index is 0.0880. The molecule has 0 aliphatic rings. The van der Waals surface area contributed by atoms with Crippen LogP contribution in [0.25, 0.3) is 0 Å². The van der Waals surface area contributed by atoms with Gasteiger partial charge in [0.2, 0.25) is 0 Å². The maximum absolute atomic E-state index is 12.1. The van der Waals surface area contributed by atoms with Gasteiger partial charge in [0.05, 0.1) is 18.1 Å². The molecule has 1 nitrogen and oxygen atoms in total. The van der Waals surface area contributed by atoms with Crippen LogP contribution in [0.5, 0.6) is 0 Å². The van der Waals surface area contributed by atoms with Crippen LogP contribution in [-0.2, 0) is 12.6 Å². The molecule has 0 amide bonds. The standard InChI is InChI=1S/C7H4F3NS/c8-7(9,10)5-2-4-12-6(5)1-3-11/h2,4H,1H2. The molecule has 0 spiro atoms. The van der Waals surface area contributed by atoms with Gasteiger partial charge in [-0.05, 0) is 11.4 Å². The highest BCUT2D eigenvalue weighted by atomic mass is 32.1. The Morgan fingerprint density at radius 1 is 1.50 bits per heavy atom. The van der Waals surface area contributed by atoms with E-state index in [1.54, 1.807) is 6.07 Å². The van der Waals surface area contributed by atoms with Gasteiger partial charge in [-0.15, -0.1) is 11.3 Å². The van der Waals surface area contributed by atoms with Crippen LogP contribution in [0.2, 0.25) is 0 Å². The highest BCUT2D eigenvalue weighted by molar-refractivity contribution is 7.10. The van der Waals surface area contributed by atoms with Gasteiger partial charge in [0.1, 0.15) is 0 Å². The Kier molecular flexibility index (Phi) is 2.38. The zero-order valence-corrected chi connectivity index (χ0v) is 6.67. The van der Waals surface area contributed by atoms with Gasteiger partial charge in [0.25, 0.3) is 0 Å². The molecule has 1 heterocycles. The largest absolute Gasteiger partial charge is 0.417 e. The van der Waals surface area contributed by atoms with Gasteiger partial charge in [-0.3, -0.25) is 0 Å². The molecule has 0 radical (unpaired) electrons.